The fraction of sp³-hybridized carbons (Fsp3) is 0.424. The second-order valence-electron chi connectivity index (χ2n) is 12.4. The van der Waals surface area contributed by atoms with Gasteiger partial charge in [0.1, 0.15) is 34.5 Å². The van der Waals surface area contributed by atoms with Crippen LogP contribution in [0.2, 0.25) is 0 Å². The molecule has 232 valence electrons. The number of hydrogen-bond donors (Lipinski definition) is 1. The van der Waals surface area contributed by atoms with Crippen LogP contribution in [0.4, 0.5) is 5.82 Å². The number of carbonyl (C=O) groups excluding carboxylic acids is 3. The Morgan fingerprint density at radius 1 is 1.09 bits per heavy atom. The molecule has 1 saturated heterocycles. The Morgan fingerprint density at radius 3 is 2.71 bits per heavy atom. The summed E-state index contributed by atoms with van der Waals surface area (Å²) in [4.78, 5) is 55.5. The highest BCUT2D eigenvalue weighted by Crippen LogP contribution is 2.60. The number of hydrogen-bond acceptors (Lipinski definition) is 8. The molecule has 1 unspecified atom stereocenters. The van der Waals surface area contributed by atoms with Crippen LogP contribution in [0.15, 0.2) is 47.3 Å². The van der Waals surface area contributed by atoms with Crippen LogP contribution >= 0.6 is 15.9 Å². The van der Waals surface area contributed by atoms with Gasteiger partial charge < -0.3 is 15.0 Å². The number of Topliss-reactive ketones (excluding diaryl/α,β-unsaturated/α-hetero) is 1. The van der Waals surface area contributed by atoms with Gasteiger partial charge in [-0.15, -0.1) is 0 Å². The zero-order chi connectivity index (χ0) is 31.3. The van der Waals surface area contributed by atoms with Crippen LogP contribution < -0.4 is 5.32 Å². The quantitative estimate of drug-likeness (QED) is 0.239. The number of fused-ring (bicyclic) bond motifs is 3. The van der Waals surface area contributed by atoms with Crippen molar-refractivity contribution in [3.63, 3.8) is 0 Å². The average Bonchev–Trinajstić information content (AvgIpc) is 3.43. The zero-order valence-corrected chi connectivity index (χ0v) is 26.8. The highest BCUT2D eigenvalue weighted by atomic mass is 79.9. The molecule has 1 saturated carbocycles. The van der Waals surface area contributed by atoms with Crippen molar-refractivity contribution < 1.29 is 19.1 Å². The van der Waals surface area contributed by atoms with Crippen molar-refractivity contribution in [2.45, 2.75) is 71.0 Å². The van der Waals surface area contributed by atoms with E-state index >= 15 is 0 Å². The molecule has 3 aromatic heterocycles. The van der Waals surface area contributed by atoms with Crippen LogP contribution in [-0.2, 0) is 27.3 Å². The number of benzene rings is 1. The normalized spacial score (nSPS) is 23.2. The third kappa shape index (κ3) is 5.65. The van der Waals surface area contributed by atoms with Crippen molar-refractivity contribution in [1.82, 2.24) is 29.6 Å². The summed E-state index contributed by atoms with van der Waals surface area (Å²) in [6.07, 6.45) is 8.55. The summed E-state index contributed by atoms with van der Waals surface area (Å²) in [6, 6.07) is 8.77. The number of halogens is 1. The molecule has 2 fully saturated rings. The molecule has 2 bridgehead atoms. The van der Waals surface area contributed by atoms with Gasteiger partial charge in [-0.1, -0.05) is 18.6 Å². The Morgan fingerprint density at radius 2 is 1.91 bits per heavy atom. The Kier molecular flexibility index (Phi) is 7.73. The summed E-state index contributed by atoms with van der Waals surface area (Å²) < 4.78 is 8.33. The molecule has 5 heterocycles. The first-order valence-corrected chi connectivity index (χ1v) is 16.2. The van der Waals surface area contributed by atoms with Crippen LogP contribution in [0.25, 0.3) is 22.0 Å². The van der Waals surface area contributed by atoms with Gasteiger partial charge in [0, 0.05) is 48.3 Å². The third-order valence-electron chi connectivity index (χ3n) is 9.30. The molecule has 1 aromatic carbocycles. The van der Waals surface area contributed by atoms with Crippen molar-refractivity contribution >= 4 is 50.2 Å². The van der Waals surface area contributed by atoms with E-state index in [1.165, 1.54) is 6.92 Å². The highest BCUT2D eigenvalue weighted by Gasteiger charge is 2.67. The molecule has 1 spiro atoms. The summed E-state index contributed by atoms with van der Waals surface area (Å²) in [5.41, 5.74) is 3.35. The fourth-order valence-corrected chi connectivity index (χ4v) is 7.17. The molecule has 3 aliphatic rings. The summed E-state index contributed by atoms with van der Waals surface area (Å²) in [5, 5.41) is 8.29. The number of aromatic nitrogens is 5. The van der Waals surface area contributed by atoms with Crippen molar-refractivity contribution in [2.24, 2.45) is 5.41 Å². The molecule has 1 N–H and O–H groups in total. The summed E-state index contributed by atoms with van der Waals surface area (Å²) in [7, 11) is 0. The fourth-order valence-electron chi connectivity index (χ4n) is 6.86. The SMILES string of the molecule is CC(=O)c1nn(CC(=O)N2C3C[C@@]34COCCCCCc3ccc(Br)nc3NC(=O)[C@@H]2C4)c2ccc(-c3cnc(C)nc3)cc12. The van der Waals surface area contributed by atoms with Gasteiger partial charge in [-0.05, 0) is 84.3 Å². The Bertz CT molecular complexity index is 1820. The van der Waals surface area contributed by atoms with Crippen LogP contribution in [0.1, 0.15) is 60.9 Å². The molecule has 2 amide bonds. The van der Waals surface area contributed by atoms with Crippen LogP contribution in [-0.4, -0.2) is 72.5 Å². The number of carbonyl (C=O) groups is 3. The van der Waals surface area contributed by atoms with Gasteiger partial charge >= 0.3 is 0 Å². The smallest absolute Gasteiger partial charge is 0.248 e. The van der Waals surface area contributed by atoms with Gasteiger partial charge in [-0.3, -0.25) is 19.1 Å². The monoisotopic (exact) mass is 671 g/mol. The molecular formula is C33H34BrN7O4. The number of aryl methyl sites for hydroxylation is 2. The lowest BCUT2D eigenvalue weighted by molar-refractivity contribution is -0.138. The van der Waals surface area contributed by atoms with Crippen molar-refractivity contribution in [2.75, 3.05) is 18.5 Å². The molecule has 4 aromatic rings. The number of likely N-dealkylation sites (tertiary alicyclic amines) is 1. The summed E-state index contributed by atoms with van der Waals surface area (Å²) in [5.74, 6) is 0.529. The van der Waals surface area contributed by atoms with E-state index in [-0.39, 0.29) is 41.3 Å². The number of nitrogens with zero attached hydrogens (tertiary/aromatic N) is 6. The zero-order valence-electron chi connectivity index (χ0n) is 25.3. The standard InChI is InChI=1S/C33H34BrN7O4/c1-19(42)30-24-12-22(23-15-35-20(2)36-16-23)7-9-25(24)40(39-30)17-29(43)41-26-13-33(14-27(33)41)18-45-11-5-3-4-6-21-8-10-28(34)37-31(21)38-32(26)44/h7-10,12,15-16,26-27H,3-6,11,13-14,17-18H2,1-2H3,(H,37,38,44)/t26-,27?,33-/m0/s1. The maximum absolute atomic E-state index is 14.1. The van der Waals surface area contributed by atoms with Crippen molar-refractivity contribution in [1.29, 1.82) is 0 Å². The first-order chi connectivity index (χ1) is 21.7. The van der Waals surface area contributed by atoms with Gasteiger partial charge in [0.25, 0.3) is 0 Å². The number of amides is 2. The molecule has 7 rings (SSSR count). The van der Waals surface area contributed by atoms with E-state index < -0.39 is 6.04 Å². The average molecular weight is 673 g/mol. The minimum atomic E-state index is -0.668. The third-order valence-corrected chi connectivity index (χ3v) is 9.74. The van der Waals surface area contributed by atoms with E-state index in [9.17, 15) is 14.4 Å². The van der Waals surface area contributed by atoms with E-state index in [4.69, 9.17) is 4.74 Å². The molecule has 45 heavy (non-hydrogen) atoms. The number of pyridine rings is 1. The van der Waals surface area contributed by atoms with Crippen LogP contribution in [0.3, 0.4) is 0 Å². The number of piperidine rings is 1. The maximum Gasteiger partial charge on any atom is 0.248 e. The molecule has 0 radical (unpaired) electrons. The Hall–Kier alpha value is -4.03. The molecule has 1 aliphatic carbocycles. The molecule has 3 atom stereocenters. The largest absolute Gasteiger partial charge is 0.381 e. The van der Waals surface area contributed by atoms with Gasteiger partial charge in [-0.2, -0.15) is 5.10 Å². The second kappa shape index (κ2) is 11.7. The number of ether oxygens (including phenoxy) is 1. The van der Waals surface area contributed by atoms with E-state index in [0.717, 1.165) is 48.8 Å². The van der Waals surface area contributed by atoms with E-state index in [0.29, 0.717) is 46.8 Å². The second-order valence-corrected chi connectivity index (χ2v) is 13.2. The van der Waals surface area contributed by atoms with Crippen LogP contribution in [0.5, 0.6) is 0 Å². The van der Waals surface area contributed by atoms with E-state index in [1.807, 2.05) is 37.3 Å². The van der Waals surface area contributed by atoms with E-state index in [2.05, 4.69) is 41.3 Å². The minimum absolute atomic E-state index is 0.0944. The minimum Gasteiger partial charge on any atom is -0.381 e. The number of ketones is 1. The van der Waals surface area contributed by atoms with Gasteiger partial charge in [0.15, 0.2) is 5.78 Å². The molecule has 12 heteroatoms. The molecule has 2 aliphatic heterocycles. The summed E-state index contributed by atoms with van der Waals surface area (Å²) >= 11 is 3.44. The Balaban J connectivity index is 1.20. The van der Waals surface area contributed by atoms with Gasteiger partial charge in [-0.25, -0.2) is 15.0 Å². The van der Waals surface area contributed by atoms with E-state index in [1.54, 1.807) is 22.0 Å². The van der Waals surface area contributed by atoms with Crippen LogP contribution in [0, 0.1) is 12.3 Å². The topological polar surface area (TPSA) is 132 Å². The van der Waals surface area contributed by atoms with Crippen molar-refractivity contribution in [3.05, 3.63) is 64.4 Å². The number of nitrogens with one attached hydrogen (secondary N) is 1. The van der Waals surface area contributed by atoms with Gasteiger partial charge in [0.2, 0.25) is 11.8 Å². The lowest BCUT2D eigenvalue weighted by Gasteiger charge is -2.27. The summed E-state index contributed by atoms with van der Waals surface area (Å²) in [6.45, 7) is 4.37. The lowest BCUT2D eigenvalue weighted by atomic mass is 9.99. The lowest BCUT2D eigenvalue weighted by Crippen LogP contribution is -2.47. The number of anilines is 1. The predicted octanol–water partition coefficient (Wildman–Crippen LogP) is 4.90. The Labute approximate surface area is 268 Å². The van der Waals surface area contributed by atoms with Gasteiger partial charge in [0.05, 0.1) is 12.1 Å². The maximum atomic E-state index is 14.1. The highest BCUT2D eigenvalue weighted by molar-refractivity contribution is 9.10. The van der Waals surface area contributed by atoms with Crippen molar-refractivity contribution in [3.8, 4) is 11.1 Å². The molecule has 11 nitrogen and oxygen atoms in total. The molecular weight excluding hydrogens is 638 g/mol. The first kappa shape index (κ1) is 29.7. The predicted molar refractivity (Wildman–Crippen MR) is 171 cm³/mol. The number of rotatable bonds is 4. The first-order valence-electron chi connectivity index (χ1n) is 15.4.